The highest BCUT2D eigenvalue weighted by atomic mass is 16.2. The van der Waals surface area contributed by atoms with Crippen LogP contribution in [-0.2, 0) is 6.54 Å². The van der Waals surface area contributed by atoms with Gasteiger partial charge in [0.1, 0.15) is 0 Å². The van der Waals surface area contributed by atoms with E-state index in [0.717, 1.165) is 11.1 Å². The second kappa shape index (κ2) is 7.75. The van der Waals surface area contributed by atoms with E-state index in [-0.39, 0.29) is 17.9 Å². The highest BCUT2D eigenvalue weighted by Crippen LogP contribution is 2.16. The van der Waals surface area contributed by atoms with Crippen molar-refractivity contribution in [1.29, 1.82) is 0 Å². The summed E-state index contributed by atoms with van der Waals surface area (Å²) in [7, 11) is 0. The molecule has 0 bridgehead atoms. The van der Waals surface area contributed by atoms with Crippen molar-refractivity contribution in [2.75, 3.05) is 5.32 Å². The third-order valence-corrected chi connectivity index (χ3v) is 3.60. The molecule has 5 heteroatoms. The Morgan fingerprint density at radius 1 is 1.04 bits per heavy atom. The minimum atomic E-state index is -0.197. The van der Waals surface area contributed by atoms with E-state index in [4.69, 9.17) is 5.73 Å². The van der Waals surface area contributed by atoms with Crippen LogP contribution in [0.4, 0.5) is 5.69 Å². The van der Waals surface area contributed by atoms with E-state index < -0.39 is 0 Å². The van der Waals surface area contributed by atoms with E-state index in [9.17, 15) is 9.59 Å². The van der Waals surface area contributed by atoms with Crippen molar-refractivity contribution < 1.29 is 9.59 Å². The van der Waals surface area contributed by atoms with Crippen LogP contribution in [0.2, 0.25) is 0 Å². The summed E-state index contributed by atoms with van der Waals surface area (Å²) < 4.78 is 0. The van der Waals surface area contributed by atoms with Gasteiger partial charge in [-0.05, 0) is 62.2 Å². The van der Waals surface area contributed by atoms with Crippen molar-refractivity contribution in [1.82, 2.24) is 5.32 Å². The summed E-state index contributed by atoms with van der Waals surface area (Å²) in [4.78, 5) is 24.4. The zero-order valence-corrected chi connectivity index (χ0v) is 14.2. The molecule has 2 amide bonds. The monoisotopic (exact) mass is 325 g/mol. The highest BCUT2D eigenvalue weighted by Gasteiger charge is 2.12. The summed E-state index contributed by atoms with van der Waals surface area (Å²) in [5.74, 6) is -0.310. The zero-order valence-electron chi connectivity index (χ0n) is 14.2. The van der Waals surface area contributed by atoms with E-state index in [1.165, 1.54) is 0 Å². The van der Waals surface area contributed by atoms with Crippen LogP contribution in [-0.4, -0.2) is 17.9 Å². The van der Waals surface area contributed by atoms with Gasteiger partial charge in [-0.15, -0.1) is 0 Å². The van der Waals surface area contributed by atoms with Crippen LogP contribution in [0.15, 0.2) is 42.5 Å². The normalized spacial score (nSPS) is 10.5. The van der Waals surface area contributed by atoms with Crippen LogP contribution in [0, 0.1) is 6.92 Å². The molecule has 0 fully saturated rings. The van der Waals surface area contributed by atoms with Gasteiger partial charge in [0.2, 0.25) is 0 Å². The Bertz CT molecular complexity index is 737. The van der Waals surface area contributed by atoms with E-state index in [0.29, 0.717) is 23.4 Å². The number of nitrogens with two attached hydrogens (primary N) is 1. The zero-order chi connectivity index (χ0) is 17.7. The first kappa shape index (κ1) is 17.7. The Hall–Kier alpha value is -2.66. The lowest BCUT2D eigenvalue weighted by Crippen LogP contribution is -2.30. The highest BCUT2D eigenvalue weighted by molar-refractivity contribution is 6.04. The lowest BCUT2D eigenvalue weighted by molar-refractivity contribution is 0.0942. The first-order valence-corrected chi connectivity index (χ1v) is 7.92. The Labute approximate surface area is 142 Å². The average molecular weight is 325 g/mol. The molecule has 4 N–H and O–H groups in total. The predicted octanol–water partition coefficient (Wildman–Crippen LogP) is 2.84. The lowest BCUT2D eigenvalue weighted by Gasteiger charge is -2.12. The molecule has 0 aliphatic carbocycles. The molecule has 0 spiro atoms. The minimum absolute atomic E-state index is 0.0766. The molecular formula is C19H23N3O2. The minimum Gasteiger partial charge on any atom is -0.350 e. The molecule has 0 atom stereocenters. The third-order valence-electron chi connectivity index (χ3n) is 3.60. The maximum absolute atomic E-state index is 12.3. The summed E-state index contributed by atoms with van der Waals surface area (Å²) in [6, 6.07) is 12.5. The first-order chi connectivity index (χ1) is 11.4. The SMILES string of the molecule is Cc1cc(NC(=O)c2ccc(CN)cc2)ccc1C(=O)NC(C)C. The number of carbonyl (C=O) groups excluding carboxylic acids is 2. The third kappa shape index (κ3) is 4.43. The van der Waals surface area contributed by atoms with Gasteiger partial charge in [0.05, 0.1) is 0 Å². The van der Waals surface area contributed by atoms with Gasteiger partial charge in [0, 0.05) is 29.4 Å². The number of aryl methyl sites for hydroxylation is 1. The van der Waals surface area contributed by atoms with Crippen molar-refractivity contribution in [3.8, 4) is 0 Å². The van der Waals surface area contributed by atoms with Crippen molar-refractivity contribution >= 4 is 17.5 Å². The van der Waals surface area contributed by atoms with Gasteiger partial charge in [-0.3, -0.25) is 9.59 Å². The molecule has 5 nitrogen and oxygen atoms in total. The van der Waals surface area contributed by atoms with Crippen molar-refractivity contribution in [3.63, 3.8) is 0 Å². The molecule has 126 valence electrons. The van der Waals surface area contributed by atoms with E-state index >= 15 is 0 Å². The maximum atomic E-state index is 12.3. The lowest BCUT2D eigenvalue weighted by atomic mass is 10.1. The number of nitrogens with one attached hydrogen (secondary N) is 2. The molecule has 2 aromatic carbocycles. The molecule has 2 rings (SSSR count). The van der Waals surface area contributed by atoms with Gasteiger partial charge < -0.3 is 16.4 Å². The molecule has 0 aliphatic heterocycles. The van der Waals surface area contributed by atoms with Crippen molar-refractivity contribution in [2.24, 2.45) is 5.73 Å². The smallest absolute Gasteiger partial charge is 0.255 e. The topological polar surface area (TPSA) is 84.2 Å². The number of anilines is 1. The molecule has 0 radical (unpaired) electrons. The molecule has 24 heavy (non-hydrogen) atoms. The number of carbonyl (C=O) groups is 2. The number of rotatable bonds is 5. The van der Waals surface area contributed by atoms with E-state index in [2.05, 4.69) is 10.6 Å². The van der Waals surface area contributed by atoms with Crippen LogP contribution in [0.5, 0.6) is 0 Å². The molecular weight excluding hydrogens is 302 g/mol. The van der Waals surface area contributed by atoms with Gasteiger partial charge in [-0.1, -0.05) is 12.1 Å². The number of hydrogen-bond donors (Lipinski definition) is 3. The Morgan fingerprint density at radius 2 is 1.71 bits per heavy atom. The summed E-state index contributed by atoms with van der Waals surface area (Å²) in [5.41, 5.74) is 9.16. The Kier molecular flexibility index (Phi) is 5.71. The van der Waals surface area contributed by atoms with Gasteiger partial charge >= 0.3 is 0 Å². The van der Waals surface area contributed by atoms with Crippen LogP contribution < -0.4 is 16.4 Å². The van der Waals surface area contributed by atoms with Crippen LogP contribution in [0.25, 0.3) is 0 Å². The summed E-state index contributed by atoms with van der Waals surface area (Å²) in [5, 5.41) is 5.70. The Balaban J connectivity index is 2.11. The second-order valence-corrected chi connectivity index (χ2v) is 6.01. The molecule has 0 saturated heterocycles. The molecule has 0 heterocycles. The number of amides is 2. The van der Waals surface area contributed by atoms with Crippen LogP contribution >= 0.6 is 0 Å². The van der Waals surface area contributed by atoms with Gasteiger partial charge in [-0.2, -0.15) is 0 Å². The molecule has 0 aliphatic rings. The van der Waals surface area contributed by atoms with E-state index in [1.807, 2.05) is 32.9 Å². The van der Waals surface area contributed by atoms with E-state index in [1.54, 1.807) is 30.3 Å². The van der Waals surface area contributed by atoms with Crippen molar-refractivity contribution in [2.45, 2.75) is 33.4 Å². The van der Waals surface area contributed by atoms with Crippen LogP contribution in [0.1, 0.15) is 45.7 Å². The Morgan fingerprint density at radius 3 is 2.25 bits per heavy atom. The first-order valence-electron chi connectivity index (χ1n) is 7.92. The molecule has 0 aromatic heterocycles. The molecule has 0 unspecified atom stereocenters. The number of benzene rings is 2. The number of hydrogen-bond acceptors (Lipinski definition) is 3. The summed E-state index contributed by atoms with van der Waals surface area (Å²) in [6.07, 6.45) is 0. The van der Waals surface area contributed by atoms with Gasteiger partial charge in [0.25, 0.3) is 11.8 Å². The summed E-state index contributed by atoms with van der Waals surface area (Å²) in [6.45, 7) is 6.12. The van der Waals surface area contributed by atoms with Gasteiger partial charge in [-0.25, -0.2) is 0 Å². The van der Waals surface area contributed by atoms with Crippen LogP contribution in [0.3, 0.4) is 0 Å². The standard InChI is InChI=1S/C19H23N3O2/c1-12(2)21-19(24)17-9-8-16(10-13(17)3)22-18(23)15-6-4-14(11-20)5-7-15/h4-10,12H,11,20H2,1-3H3,(H,21,24)(H,22,23). The van der Waals surface area contributed by atoms with Gasteiger partial charge in [0.15, 0.2) is 0 Å². The maximum Gasteiger partial charge on any atom is 0.255 e. The largest absolute Gasteiger partial charge is 0.350 e. The fraction of sp³-hybridized carbons (Fsp3) is 0.263. The second-order valence-electron chi connectivity index (χ2n) is 6.01. The van der Waals surface area contributed by atoms with Crippen molar-refractivity contribution in [3.05, 3.63) is 64.7 Å². The average Bonchev–Trinajstić information content (AvgIpc) is 2.54. The fourth-order valence-corrected chi connectivity index (χ4v) is 2.33. The fourth-order valence-electron chi connectivity index (χ4n) is 2.33. The molecule has 0 saturated carbocycles. The summed E-state index contributed by atoms with van der Waals surface area (Å²) >= 11 is 0. The quantitative estimate of drug-likeness (QED) is 0.790. The predicted molar refractivity (Wildman–Crippen MR) is 96.1 cm³/mol. The molecule has 2 aromatic rings.